The van der Waals surface area contributed by atoms with Crippen LogP contribution in [0, 0.1) is 5.82 Å². The molecular weight excluding hydrogens is 401 g/mol. The molecule has 8 heteroatoms. The van der Waals surface area contributed by atoms with E-state index in [0.29, 0.717) is 12.1 Å². The van der Waals surface area contributed by atoms with E-state index in [4.69, 9.17) is 9.47 Å². The molecule has 4 rings (SSSR count). The highest BCUT2D eigenvalue weighted by Crippen LogP contribution is 2.27. The van der Waals surface area contributed by atoms with Gasteiger partial charge in [-0.05, 0) is 29.8 Å². The average molecular weight is 423 g/mol. The molecule has 1 aliphatic heterocycles. The Labute approximate surface area is 179 Å². The van der Waals surface area contributed by atoms with Gasteiger partial charge in [0, 0.05) is 30.9 Å². The van der Waals surface area contributed by atoms with Crippen LogP contribution in [0.15, 0.2) is 67.3 Å². The number of carbonyl (C=O) groups excluding carboxylic acids is 2. The van der Waals surface area contributed by atoms with Crippen LogP contribution in [0.2, 0.25) is 0 Å². The average Bonchev–Trinajstić information content (AvgIpc) is 3.45. The van der Waals surface area contributed by atoms with Crippen LogP contribution in [0.1, 0.15) is 22.3 Å². The van der Waals surface area contributed by atoms with Gasteiger partial charge in [-0.3, -0.25) is 4.79 Å². The SMILES string of the molecule is COC(=O)C1CC(Oc2ccccc2F)CN1C(=O)c1ccc(Cn2ccnc2)cc1. The zero-order valence-electron chi connectivity index (χ0n) is 17.0. The highest BCUT2D eigenvalue weighted by molar-refractivity contribution is 5.97. The maximum absolute atomic E-state index is 14.0. The zero-order chi connectivity index (χ0) is 21.8. The van der Waals surface area contributed by atoms with Crippen LogP contribution in [-0.4, -0.2) is 52.1 Å². The molecule has 0 aliphatic carbocycles. The van der Waals surface area contributed by atoms with Gasteiger partial charge in [0.1, 0.15) is 12.1 Å². The van der Waals surface area contributed by atoms with Crippen molar-refractivity contribution in [1.82, 2.24) is 14.5 Å². The van der Waals surface area contributed by atoms with E-state index in [1.807, 2.05) is 22.9 Å². The molecule has 0 bridgehead atoms. The third-order valence-electron chi connectivity index (χ3n) is 5.25. The monoisotopic (exact) mass is 423 g/mol. The van der Waals surface area contributed by atoms with Gasteiger partial charge in [-0.2, -0.15) is 0 Å². The topological polar surface area (TPSA) is 73.7 Å². The summed E-state index contributed by atoms with van der Waals surface area (Å²) in [6, 6.07) is 12.5. The highest BCUT2D eigenvalue weighted by atomic mass is 19.1. The molecule has 1 aromatic heterocycles. The summed E-state index contributed by atoms with van der Waals surface area (Å²) in [5, 5.41) is 0. The first-order chi connectivity index (χ1) is 15.0. The summed E-state index contributed by atoms with van der Waals surface area (Å²) >= 11 is 0. The molecule has 0 saturated carbocycles. The number of esters is 1. The van der Waals surface area contributed by atoms with Crippen molar-refractivity contribution in [3.8, 4) is 5.75 Å². The summed E-state index contributed by atoms with van der Waals surface area (Å²) in [4.78, 5) is 30.9. The number of rotatable bonds is 6. The first-order valence-electron chi connectivity index (χ1n) is 9.90. The molecule has 31 heavy (non-hydrogen) atoms. The fraction of sp³-hybridized carbons (Fsp3) is 0.261. The molecule has 0 N–H and O–H groups in total. The predicted molar refractivity (Wildman–Crippen MR) is 110 cm³/mol. The summed E-state index contributed by atoms with van der Waals surface area (Å²) in [6.07, 6.45) is 4.99. The molecular formula is C23H22FN3O4. The molecule has 2 unspecified atom stereocenters. The number of likely N-dealkylation sites (tertiary alicyclic amines) is 1. The van der Waals surface area contributed by atoms with Crippen LogP contribution in [0.5, 0.6) is 5.75 Å². The number of carbonyl (C=O) groups is 2. The summed E-state index contributed by atoms with van der Waals surface area (Å²) in [7, 11) is 1.28. The Morgan fingerprint density at radius 3 is 2.61 bits per heavy atom. The van der Waals surface area contributed by atoms with E-state index in [1.165, 1.54) is 24.1 Å². The lowest BCUT2D eigenvalue weighted by Gasteiger charge is -2.22. The lowest BCUT2D eigenvalue weighted by molar-refractivity contribution is -0.145. The summed E-state index contributed by atoms with van der Waals surface area (Å²) in [5.41, 5.74) is 1.47. The van der Waals surface area contributed by atoms with Gasteiger partial charge in [0.15, 0.2) is 11.6 Å². The number of nitrogens with zero attached hydrogens (tertiary/aromatic N) is 3. The van der Waals surface area contributed by atoms with Gasteiger partial charge in [0.25, 0.3) is 5.91 Å². The maximum atomic E-state index is 14.0. The molecule has 1 aliphatic rings. The first-order valence-corrected chi connectivity index (χ1v) is 9.90. The molecule has 0 radical (unpaired) electrons. The van der Waals surface area contributed by atoms with E-state index in [-0.39, 0.29) is 24.6 Å². The Morgan fingerprint density at radius 2 is 1.94 bits per heavy atom. The molecule has 2 atom stereocenters. The van der Waals surface area contributed by atoms with Crippen LogP contribution in [0.4, 0.5) is 4.39 Å². The van der Waals surface area contributed by atoms with Crippen molar-refractivity contribution < 1.29 is 23.5 Å². The largest absolute Gasteiger partial charge is 0.485 e. The molecule has 2 heterocycles. The van der Waals surface area contributed by atoms with Crippen LogP contribution in [0.25, 0.3) is 0 Å². The number of ether oxygens (including phenoxy) is 2. The number of benzene rings is 2. The summed E-state index contributed by atoms with van der Waals surface area (Å²) < 4.78 is 26.5. The third-order valence-corrected chi connectivity index (χ3v) is 5.25. The smallest absolute Gasteiger partial charge is 0.328 e. The lowest BCUT2D eigenvalue weighted by Crippen LogP contribution is -2.41. The molecule has 0 spiro atoms. The Morgan fingerprint density at radius 1 is 1.16 bits per heavy atom. The molecule has 1 saturated heterocycles. The zero-order valence-corrected chi connectivity index (χ0v) is 17.0. The molecule has 160 valence electrons. The van der Waals surface area contributed by atoms with E-state index in [0.717, 1.165) is 5.56 Å². The van der Waals surface area contributed by atoms with Gasteiger partial charge >= 0.3 is 5.97 Å². The van der Waals surface area contributed by atoms with Crippen molar-refractivity contribution in [3.05, 3.63) is 84.2 Å². The highest BCUT2D eigenvalue weighted by Gasteiger charge is 2.42. The summed E-state index contributed by atoms with van der Waals surface area (Å²) in [5.74, 6) is -1.22. The van der Waals surface area contributed by atoms with Gasteiger partial charge in [0.05, 0.1) is 20.0 Å². The van der Waals surface area contributed by atoms with Crippen molar-refractivity contribution in [3.63, 3.8) is 0 Å². The number of imidazole rings is 1. The number of halogens is 1. The van der Waals surface area contributed by atoms with Crippen molar-refractivity contribution >= 4 is 11.9 Å². The Bertz CT molecular complexity index is 1050. The van der Waals surface area contributed by atoms with Crippen LogP contribution in [0.3, 0.4) is 0 Å². The number of aromatic nitrogens is 2. The Hall–Kier alpha value is -3.68. The standard InChI is InChI=1S/C23H22FN3O4/c1-30-23(29)20-12-18(31-21-5-3-2-4-19(21)24)14-27(20)22(28)17-8-6-16(7-9-17)13-26-11-10-25-15-26/h2-11,15,18,20H,12-14H2,1H3. The minimum Gasteiger partial charge on any atom is -0.485 e. The fourth-order valence-electron chi connectivity index (χ4n) is 3.70. The molecule has 2 aromatic carbocycles. The minimum absolute atomic E-state index is 0.0919. The van der Waals surface area contributed by atoms with E-state index >= 15 is 0 Å². The third kappa shape index (κ3) is 4.58. The van der Waals surface area contributed by atoms with Crippen LogP contribution < -0.4 is 4.74 Å². The fourth-order valence-corrected chi connectivity index (χ4v) is 3.70. The van der Waals surface area contributed by atoms with Crippen molar-refractivity contribution in [2.24, 2.45) is 0 Å². The second-order valence-electron chi connectivity index (χ2n) is 7.33. The second-order valence-corrected chi connectivity index (χ2v) is 7.33. The number of hydrogen-bond donors (Lipinski definition) is 0. The summed E-state index contributed by atoms with van der Waals surface area (Å²) in [6.45, 7) is 0.797. The molecule has 7 nitrogen and oxygen atoms in total. The van der Waals surface area contributed by atoms with E-state index in [2.05, 4.69) is 4.98 Å². The number of para-hydroxylation sites is 1. The quantitative estimate of drug-likeness (QED) is 0.570. The first kappa shape index (κ1) is 20.6. The lowest BCUT2D eigenvalue weighted by atomic mass is 10.1. The Balaban J connectivity index is 1.49. The van der Waals surface area contributed by atoms with E-state index in [9.17, 15) is 14.0 Å². The van der Waals surface area contributed by atoms with Crippen LogP contribution in [-0.2, 0) is 16.1 Å². The minimum atomic E-state index is -0.792. The van der Waals surface area contributed by atoms with Gasteiger partial charge < -0.3 is 18.9 Å². The van der Waals surface area contributed by atoms with Gasteiger partial charge in [-0.25, -0.2) is 14.2 Å². The Kier molecular flexibility index (Phi) is 5.97. The second kappa shape index (κ2) is 8.99. The predicted octanol–water partition coefficient (Wildman–Crippen LogP) is 2.91. The van der Waals surface area contributed by atoms with Gasteiger partial charge in [0.2, 0.25) is 0 Å². The van der Waals surface area contributed by atoms with Gasteiger partial charge in [-0.1, -0.05) is 24.3 Å². The van der Waals surface area contributed by atoms with Crippen molar-refractivity contribution in [2.45, 2.75) is 25.1 Å². The van der Waals surface area contributed by atoms with Crippen LogP contribution >= 0.6 is 0 Å². The maximum Gasteiger partial charge on any atom is 0.328 e. The van der Waals surface area contributed by atoms with Crippen molar-refractivity contribution in [1.29, 1.82) is 0 Å². The molecule has 1 fully saturated rings. The van der Waals surface area contributed by atoms with Crippen molar-refractivity contribution in [2.75, 3.05) is 13.7 Å². The van der Waals surface area contributed by atoms with E-state index in [1.54, 1.807) is 36.8 Å². The molecule has 1 amide bonds. The molecule has 3 aromatic rings. The van der Waals surface area contributed by atoms with Gasteiger partial charge in [-0.15, -0.1) is 0 Å². The normalized spacial score (nSPS) is 18.1. The number of amides is 1. The van der Waals surface area contributed by atoms with E-state index < -0.39 is 23.9 Å². The number of methoxy groups -OCH3 is 1. The number of hydrogen-bond acceptors (Lipinski definition) is 5.